The minimum Gasteiger partial charge on any atom is -0.480 e. The number of aromatic nitrogens is 1. The number of amides is 1. The van der Waals surface area contributed by atoms with Crippen molar-refractivity contribution in [2.24, 2.45) is 5.73 Å². The van der Waals surface area contributed by atoms with Gasteiger partial charge in [0.05, 0.1) is 0 Å². The van der Waals surface area contributed by atoms with Gasteiger partial charge in [-0.3, -0.25) is 9.78 Å². The SMILES string of the molecule is CC(C(=O)O)N(C)c1ccnc(C(N)=O)c1. The Kier molecular flexibility index (Phi) is 3.44. The number of nitrogens with two attached hydrogens (primary N) is 1. The fourth-order valence-corrected chi connectivity index (χ4v) is 1.16. The molecular weight excluding hydrogens is 210 g/mol. The fourth-order valence-electron chi connectivity index (χ4n) is 1.16. The highest BCUT2D eigenvalue weighted by Gasteiger charge is 2.17. The zero-order chi connectivity index (χ0) is 12.3. The summed E-state index contributed by atoms with van der Waals surface area (Å²) in [4.78, 5) is 27.0. The molecular formula is C10H13N3O3. The van der Waals surface area contributed by atoms with Gasteiger partial charge in [0, 0.05) is 18.9 Å². The van der Waals surface area contributed by atoms with Gasteiger partial charge >= 0.3 is 5.97 Å². The van der Waals surface area contributed by atoms with E-state index in [0.29, 0.717) is 5.69 Å². The molecule has 1 atom stereocenters. The van der Waals surface area contributed by atoms with E-state index in [1.54, 1.807) is 20.0 Å². The van der Waals surface area contributed by atoms with Gasteiger partial charge in [0.15, 0.2) is 0 Å². The highest BCUT2D eigenvalue weighted by Crippen LogP contribution is 2.15. The lowest BCUT2D eigenvalue weighted by Gasteiger charge is -2.23. The molecule has 1 aromatic heterocycles. The number of carboxylic acid groups (broad SMARTS) is 1. The van der Waals surface area contributed by atoms with Crippen molar-refractivity contribution in [2.45, 2.75) is 13.0 Å². The summed E-state index contributed by atoms with van der Waals surface area (Å²) in [5.41, 5.74) is 5.78. The highest BCUT2D eigenvalue weighted by molar-refractivity contribution is 5.91. The molecule has 0 spiro atoms. The number of hydrogen-bond acceptors (Lipinski definition) is 4. The van der Waals surface area contributed by atoms with Crippen LogP contribution in [0.1, 0.15) is 17.4 Å². The van der Waals surface area contributed by atoms with Gasteiger partial charge in [0.1, 0.15) is 11.7 Å². The van der Waals surface area contributed by atoms with Crippen molar-refractivity contribution in [3.05, 3.63) is 24.0 Å². The number of anilines is 1. The molecule has 6 heteroatoms. The molecule has 1 aromatic rings. The van der Waals surface area contributed by atoms with Crippen LogP contribution in [-0.2, 0) is 4.79 Å². The number of rotatable bonds is 4. The smallest absolute Gasteiger partial charge is 0.326 e. The monoisotopic (exact) mass is 223 g/mol. The van der Waals surface area contributed by atoms with Crippen LogP contribution in [0.3, 0.4) is 0 Å². The Balaban J connectivity index is 3.00. The van der Waals surface area contributed by atoms with E-state index in [9.17, 15) is 9.59 Å². The van der Waals surface area contributed by atoms with Crippen molar-refractivity contribution in [1.29, 1.82) is 0 Å². The number of pyridine rings is 1. The lowest BCUT2D eigenvalue weighted by Crippen LogP contribution is -2.35. The summed E-state index contributed by atoms with van der Waals surface area (Å²) in [7, 11) is 1.62. The summed E-state index contributed by atoms with van der Waals surface area (Å²) in [6.07, 6.45) is 1.42. The Morgan fingerprint density at radius 2 is 2.19 bits per heavy atom. The molecule has 1 unspecified atom stereocenters. The maximum absolute atomic E-state index is 10.9. The number of primary amides is 1. The number of aliphatic carboxylic acids is 1. The van der Waals surface area contributed by atoms with Gasteiger partial charge in [-0.1, -0.05) is 0 Å². The van der Waals surface area contributed by atoms with Crippen LogP contribution in [0.5, 0.6) is 0 Å². The zero-order valence-corrected chi connectivity index (χ0v) is 9.04. The van der Waals surface area contributed by atoms with E-state index in [0.717, 1.165) is 0 Å². The van der Waals surface area contributed by atoms with Gasteiger partial charge in [0.2, 0.25) is 0 Å². The van der Waals surface area contributed by atoms with Crippen LogP contribution in [0.2, 0.25) is 0 Å². The highest BCUT2D eigenvalue weighted by atomic mass is 16.4. The largest absolute Gasteiger partial charge is 0.480 e. The molecule has 1 heterocycles. The van der Waals surface area contributed by atoms with Gasteiger partial charge < -0.3 is 15.7 Å². The van der Waals surface area contributed by atoms with Crippen LogP contribution >= 0.6 is 0 Å². The molecule has 0 radical (unpaired) electrons. The third kappa shape index (κ3) is 2.47. The second-order valence-corrected chi connectivity index (χ2v) is 3.39. The molecule has 0 aliphatic heterocycles. The second-order valence-electron chi connectivity index (χ2n) is 3.39. The average molecular weight is 223 g/mol. The maximum atomic E-state index is 10.9. The fraction of sp³-hybridized carbons (Fsp3) is 0.300. The minimum atomic E-state index is -0.945. The zero-order valence-electron chi connectivity index (χ0n) is 9.04. The Hall–Kier alpha value is -2.11. The minimum absolute atomic E-state index is 0.113. The van der Waals surface area contributed by atoms with Crippen LogP contribution in [0, 0.1) is 0 Å². The number of nitrogens with zero attached hydrogens (tertiary/aromatic N) is 2. The second kappa shape index (κ2) is 4.61. The normalized spacial score (nSPS) is 11.9. The standard InChI is InChI=1S/C10H13N3O3/c1-6(10(15)16)13(2)7-3-4-12-8(5-7)9(11)14/h3-6H,1-2H3,(H2,11,14)(H,15,16). The molecule has 1 amide bonds. The summed E-state index contributed by atoms with van der Waals surface area (Å²) >= 11 is 0. The molecule has 0 saturated heterocycles. The molecule has 0 fully saturated rings. The quantitative estimate of drug-likeness (QED) is 0.754. The van der Waals surface area contributed by atoms with Crippen LogP contribution in [0.4, 0.5) is 5.69 Å². The molecule has 1 rings (SSSR count). The number of carboxylic acids is 1. The van der Waals surface area contributed by atoms with E-state index in [1.165, 1.54) is 17.2 Å². The third-order valence-electron chi connectivity index (χ3n) is 2.34. The van der Waals surface area contributed by atoms with E-state index in [4.69, 9.17) is 10.8 Å². The van der Waals surface area contributed by atoms with Crippen LogP contribution in [-0.4, -0.2) is 35.1 Å². The number of carbonyl (C=O) groups excluding carboxylic acids is 1. The van der Waals surface area contributed by atoms with Gasteiger partial charge in [-0.05, 0) is 19.1 Å². The molecule has 6 nitrogen and oxygen atoms in total. The van der Waals surface area contributed by atoms with E-state index < -0.39 is 17.9 Å². The molecule has 86 valence electrons. The summed E-state index contributed by atoms with van der Waals surface area (Å²) in [5, 5.41) is 8.84. The van der Waals surface area contributed by atoms with Gasteiger partial charge in [-0.2, -0.15) is 0 Å². The van der Waals surface area contributed by atoms with E-state index in [-0.39, 0.29) is 5.69 Å². The van der Waals surface area contributed by atoms with Crippen molar-refractivity contribution < 1.29 is 14.7 Å². The van der Waals surface area contributed by atoms with Crippen LogP contribution < -0.4 is 10.6 Å². The van der Waals surface area contributed by atoms with Gasteiger partial charge in [-0.15, -0.1) is 0 Å². The van der Waals surface area contributed by atoms with Gasteiger partial charge in [-0.25, -0.2) is 4.79 Å². The first kappa shape index (κ1) is 12.0. The van der Waals surface area contributed by atoms with Crippen LogP contribution in [0.25, 0.3) is 0 Å². The lowest BCUT2D eigenvalue weighted by atomic mass is 10.2. The molecule has 0 aliphatic rings. The van der Waals surface area contributed by atoms with E-state index >= 15 is 0 Å². The maximum Gasteiger partial charge on any atom is 0.326 e. The van der Waals surface area contributed by atoms with Crippen molar-refractivity contribution >= 4 is 17.6 Å². The molecule has 0 aromatic carbocycles. The Labute approximate surface area is 92.7 Å². The first-order valence-corrected chi connectivity index (χ1v) is 4.65. The number of likely N-dealkylation sites (N-methyl/N-ethyl adjacent to an activating group) is 1. The third-order valence-corrected chi connectivity index (χ3v) is 2.34. The Morgan fingerprint density at radius 1 is 1.56 bits per heavy atom. The predicted octanol–water partition coefficient (Wildman–Crippen LogP) is 0.0898. The molecule has 16 heavy (non-hydrogen) atoms. The summed E-state index contributed by atoms with van der Waals surface area (Å²) in [6.45, 7) is 1.55. The lowest BCUT2D eigenvalue weighted by molar-refractivity contribution is -0.138. The van der Waals surface area contributed by atoms with Gasteiger partial charge in [0.25, 0.3) is 5.91 Å². The number of carbonyl (C=O) groups is 2. The van der Waals surface area contributed by atoms with Crippen molar-refractivity contribution in [1.82, 2.24) is 4.98 Å². The Morgan fingerprint density at radius 3 is 2.69 bits per heavy atom. The number of hydrogen-bond donors (Lipinski definition) is 2. The molecule has 0 bridgehead atoms. The summed E-state index contributed by atoms with van der Waals surface area (Å²) < 4.78 is 0. The molecule has 0 saturated carbocycles. The van der Waals surface area contributed by atoms with Crippen molar-refractivity contribution in [3.63, 3.8) is 0 Å². The Bertz CT molecular complexity index is 420. The molecule has 3 N–H and O–H groups in total. The van der Waals surface area contributed by atoms with E-state index in [2.05, 4.69) is 4.98 Å². The van der Waals surface area contributed by atoms with Crippen LogP contribution in [0.15, 0.2) is 18.3 Å². The first-order valence-electron chi connectivity index (χ1n) is 4.65. The van der Waals surface area contributed by atoms with Crippen molar-refractivity contribution in [3.8, 4) is 0 Å². The van der Waals surface area contributed by atoms with Crippen molar-refractivity contribution in [2.75, 3.05) is 11.9 Å². The summed E-state index contributed by atoms with van der Waals surface area (Å²) in [6, 6.07) is 2.39. The average Bonchev–Trinajstić information content (AvgIpc) is 2.27. The van der Waals surface area contributed by atoms with E-state index in [1.807, 2.05) is 0 Å². The molecule has 0 aliphatic carbocycles. The summed E-state index contributed by atoms with van der Waals surface area (Å²) in [5.74, 6) is -1.59. The topological polar surface area (TPSA) is 96.5 Å². The first-order chi connectivity index (χ1) is 7.43. The predicted molar refractivity (Wildman–Crippen MR) is 58.3 cm³/mol.